The van der Waals surface area contributed by atoms with E-state index in [0.29, 0.717) is 6.04 Å². The Bertz CT molecular complexity index is 162. The Morgan fingerprint density at radius 1 is 1.00 bits per heavy atom. The van der Waals surface area contributed by atoms with Gasteiger partial charge in [-0.05, 0) is 39.5 Å². The van der Waals surface area contributed by atoms with Crippen molar-refractivity contribution >= 4 is 0 Å². The van der Waals surface area contributed by atoms with Crippen molar-refractivity contribution in [1.29, 1.82) is 0 Å². The molecule has 2 N–H and O–H groups in total. The molecule has 1 rings (SSSR count). The molecule has 1 aliphatic carbocycles. The standard InChI is InChI=1S/C13H27NO/c1-10(12(3)15)14-11(2)13-8-6-4-5-7-9-13/h10-15H,4-9H2,1-3H3/t10?,11-,12?/m0/s1. The average molecular weight is 213 g/mol. The molecule has 1 aliphatic rings. The maximum Gasteiger partial charge on any atom is 0.0662 e. The van der Waals surface area contributed by atoms with Crippen LogP contribution in [0.4, 0.5) is 0 Å². The van der Waals surface area contributed by atoms with Gasteiger partial charge in [0, 0.05) is 12.1 Å². The molecule has 0 spiro atoms. The molecule has 0 bridgehead atoms. The summed E-state index contributed by atoms with van der Waals surface area (Å²) in [6.45, 7) is 6.20. The Kier molecular flexibility index (Phi) is 5.62. The first-order valence-corrected chi connectivity index (χ1v) is 6.55. The van der Waals surface area contributed by atoms with Gasteiger partial charge in [0.15, 0.2) is 0 Å². The minimum atomic E-state index is -0.252. The van der Waals surface area contributed by atoms with E-state index in [1.165, 1.54) is 38.5 Å². The molecular formula is C13H27NO. The summed E-state index contributed by atoms with van der Waals surface area (Å²) in [7, 11) is 0. The number of rotatable bonds is 4. The zero-order valence-electron chi connectivity index (χ0n) is 10.5. The van der Waals surface area contributed by atoms with Crippen LogP contribution in [0, 0.1) is 5.92 Å². The van der Waals surface area contributed by atoms with Crippen LogP contribution in [-0.2, 0) is 0 Å². The highest BCUT2D eigenvalue weighted by atomic mass is 16.3. The second-order valence-electron chi connectivity index (χ2n) is 5.24. The van der Waals surface area contributed by atoms with Crippen LogP contribution in [0.25, 0.3) is 0 Å². The number of hydrogen-bond acceptors (Lipinski definition) is 2. The molecule has 0 radical (unpaired) electrons. The number of nitrogens with one attached hydrogen (secondary N) is 1. The van der Waals surface area contributed by atoms with Crippen LogP contribution in [0.2, 0.25) is 0 Å². The van der Waals surface area contributed by atoms with Gasteiger partial charge in [-0.1, -0.05) is 25.7 Å². The lowest BCUT2D eigenvalue weighted by molar-refractivity contribution is 0.138. The van der Waals surface area contributed by atoms with Gasteiger partial charge < -0.3 is 10.4 Å². The fraction of sp³-hybridized carbons (Fsp3) is 1.00. The first-order valence-electron chi connectivity index (χ1n) is 6.55. The van der Waals surface area contributed by atoms with Gasteiger partial charge in [-0.2, -0.15) is 0 Å². The monoisotopic (exact) mass is 213 g/mol. The molecule has 15 heavy (non-hydrogen) atoms. The van der Waals surface area contributed by atoms with Crippen molar-refractivity contribution < 1.29 is 5.11 Å². The van der Waals surface area contributed by atoms with Crippen molar-refractivity contribution in [2.45, 2.75) is 77.5 Å². The third-order valence-corrected chi connectivity index (χ3v) is 3.86. The second-order valence-corrected chi connectivity index (χ2v) is 5.24. The van der Waals surface area contributed by atoms with Crippen molar-refractivity contribution in [3.05, 3.63) is 0 Å². The van der Waals surface area contributed by atoms with Gasteiger partial charge in [-0.15, -0.1) is 0 Å². The van der Waals surface area contributed by atoms with Crippen LogP contribution in [0.1, 0.15) is 59.3 Å². The molecule has 0 heterocycles. The Labute approximate surface area is 94.5 Å². The van der Waals surface area contributed by atoms with Gasteiger partial charge in [0.25, 0.3) is 0 Å². The predicted octanol–water partition coefficient (Wildman–Crippen LogP) is 2.70. The van der Waals surface area contributed by atoms with Gasteiger partial charge in [0.1, 0.15) is 0 Å². The summed E-state index contributed by atoms with van der Waals surface area (Å²) in [5, 5.41) is 13.0. The molecule has 0 aromatic rings. The Morgan fingerprint density at radius 3 is 2.00 bits per heavy atom. The van der Waals surface area contributed by atoms with E-state index in [0.717, 1.165) is 5.92 Å². The van der Waals surface area contributed by atoms with E-state index in [4.69, 9.17) is 0 Å². The lowest BCUT2D eigenvalue weighted by atomic mass is 9.92. The Balaban J connectivity index is 2.33. The molecule has 0 aromatic heterocycles. The molecule has 3 atom stereocenters. The van der Waals surface area contributed by atoms with E-state index in [-0.39, 0.29) is 12.1 Å². The van der Waals surface area contributed by atoms with Crippen LogP contribution in [-0.4, -0.2) is 23.3 Å². The molecule has 0 saturated heterocycles. The van der Waals surface area contributed by atoms with Gasteiger partial charge in [-0.25, -0.2) is 0 Å². The molecule has 2 nitrogen and oxygen atoms in total. The molecule has 0 amide bonds. The van der Waals surface area contributed by atoms with Gasteiger partial charge in [-0.3, -0.25) is 0 Å². The van der Waals surface area contributed by atoms with E-state index in [1.54, 1.807) is 0 Å². The summed E-state index contributed by atoms with van der Waals surface area (Å²) in [6.07, 6.45) is 8.07. The molecule has 1 saturated carbocycles. The van der Waals surface area contributed by atoms with Crippen molar-refractivity contribution in [3.63, 3.8) is 0 Å². The SMILES string of the molecule is CC(O)C(C)N[C@@H](C)C1CCCCCC1. The number of hydrogen-bond donors (Lipinski definition) is 2. The minimum Gasteiger partial charge on any atom is -0.392 e. The fourth-order valence-corrected chi connectivity index (χ4v) is 2.50. The smallest absolute Gasteiger partial charge is 0.0662 e. The lowest BCUT2D eigenvalue weighted by Crippen LogP contribution is -2.44. The molecular weight excluding hydrogens is 186 g/mol. The van der Waals surface area contributed by atoms with E-state index < -0.39 is 0 Å². The molecule has 1 fully saturated rings. The molecule has 2 unspecified atom stereocenters. The largest absolute Gasteiger partial charge is 0.392 e. The minimum absolute atomic E-state index is 0.211. The van der Waals surface area contributed by atoms with Crippen molar-refractivity contribution in [3.8, 4) is 0 Å². The number of aliphatic hydroxyl groups is 1. The normalized spacial score (nSPS) is 25.6. The van der Waals surface area contributed by atoms with Gasteiger partial charge in [0.05, 0.1) is 6.10 Å². The zero-order valence-corrected chi connectivity index (χ0v) is 10.5. The maximum atomic E-state index is 9.46. The first kappa shape index (κ1) is 13.0. The summed E-state index contributed by atoms with van der Waals surface area (Å²) in [5.41, 5.74) is 0. The highest BCUT2D eigenvalue weighted by Crippen LogP contribution is 2.25. The van der Waals surface area contributed by atoms with E-state index >= 15 is 0 Å². The summed E-state index contributed by atoms with van der Waals surface area (Å²) in [5.74, 6) is 0.814. The summed E-state index contributed by atoms with van der Waals surface area (Å²) in [6, 6.07) is 0.760. The van der Waals surface area contributed by atoms with E-state index in [1.807, 2.05) is 6.92 Å². The molecule has 0 aromatic carbocycles. The predicted molar refractivity (Wildman–Crippen MR) is 64.9 cm³/mol. The molecule has 0 aliphatic heterocycles. The summed E-state index contributed by atoms with van der Waals surface area (Å²) in [4.78, 5) is 0. The van der Waals surface area contributed by atoms with E-state index in [9.17, 15) is 5.11 Å². The highest BCUT2D eigenvalue weighted by molar-refractivity contribution is 4.79. The van der Waals surface area contributed by atoms with E-state index in [2.05, 4.69) is 19.2 Å². The third-order valence-electron chi connectivity index (χ3n) is 3.86. The quantitative estimate of drug-likeness (QED) is 0.704. The third kappa shape index (κ3) is 4.52. The Morgan fingerprint density at radius 2 is 1.53 bits per heavy atom. The average Bonchev–Trinajstić information content (AvgIpc) is 2.45. The van der Waals surface area contributed by atoms with Crippen LogP contribution >= 0.6 is 0 Å². The topological polar surface area (TPSA) is 32.3 Å². The fourth-order valence-electron chi connectivity index (χ4n) is 2.50. The van der Waals surface area contributed by atoms with Crippen LogP contribution in [0.3, 0.4) is 0 Å². The van der Waals surface area contributed by atoms with Crippen LogP contribution < -0.4 is 5.32 Å². The van der Waals surface area contributed by atoms with Crippen LogP contribution in [0.5, 0.6) is 0 Å². The van der Waals surface area contributed by atoms with Crippen molar-refractivity contribution in [2.24, 2.45) is 5.92 Å². The van der Waals surface area contributed by atoms with Crippen molar-refractivity contribution in [1.82, 2.24) is 5.32 Å². The number of aliphatic hydroxyl groups excluding tert-OH is 1. The van der Waals surface area contributed by atoms with Gasteiger partial charge in [0.2, 0.25) is 0 Å². The van der Waals surface area contributed by atoms with Crippen molar-refractivity contribution in [2.75, 3.05) is 0 Å². The first-order chi connectivity index (χ1) is 7.11. The summed E-state index contributed by atoms with van der Waals surface area (Å²) >= 11 is 0. The Hall–Kier alpha value is -0.0800. The second kappa shape index (κ2) is 6.49. The molecule has 2 heteroatoms. The maximum absolute atomic E-state index is 9.46. The highest BCUT2D eigenvalue weighted by Gasteiger charge is 2.21. The lowest BCUT2D eigenvalue weighted by Gasteiger charge is -2.28. The summed E-state index contributed by atoms with van der Waals surface area (Å²) < 4.78 is 0. The van der Waals surface area contributed by atoms with Crippen LogP contribution in [0.15, 0.2) is 0 Å². The zero-order chi connectivity index (χ0) is 11.3. The van der Waals surface area contributed by atoms with Gasteiger partial charge >= 0.3 is 0 Å². The molecule has 90 valence electrons.